The molecule has 0 saturated heterocycles. The van der Waals surface area contributed by atoms with Gasteiger partial charge in [-0.1, -0.05) is 17.7 Å². The Bertz CT molecular complexity index is 477. The van der Waals surface area contributed by atoms with Crippen molar-refractivity contribution in [3.8, 4) is 0 Å². The van der Waals surface area contributed by atoms with Crippen LogP contribution in [0.15, 0.2) is 36.0 Å². The Kier molecular flexibility index (Phi) is 3.88. The Morgan fingerprint density at radius 2 is 2.12 bits per heavy atom. The van der Waals surface area contributed by atoms with Crippen molar-refractivity contribution in [2.75, 3.05) is 6.54 Å². The quantitative estimate of drug-likeness (QED) is 0.900. The van der Waals surface area contributed by atoms with E-state index in [1.165, 1.54) is 4.88 Å². The lowest BCUT2D eigenvalue weighted by molar-refractivity contribution is 0.0954. The summed E-state index contributed by atoms with van der Waals surface area (Å²) in [4.78, 5) is 16.9. The van der Waals surface area contributed by atoms with Crippen molar-refractivity contribution in [2.45, 2.75) is 13.3 Å². The normalized spacial score (nSPS) is 10.2. The van der Waals surface area contributed by atoms with E-state index < -0.39 is 0 Å². The van der Waals surface area contributed by atoms with Crippen molar-refractivity contribution >= 4 is 17.2 Å². The van der Waals surface area contributed by atoms with E-state index in [0.717, 1.165) is 12.0 Å². The first-order chi connectivity index (χ1) is 8.25. The molecule has 0 aliphatic carbocycles. The molecule has 0 aliphatic rings. The molecule has 1 heterocycles. The average Bonchev–Trinajstić information content (AvgIpc) is 2.83. The molecule has 1 amide bonds. The molecule has 88 valence electrons. The smallest absolute Gasteiger partial charge is 0.251 e. The maximum absolute atomic E-state index is 11.8. The minimum atomic E-state index is -0.0190. The van der Waals surface area contributed by atoms with Gasteiger partial charge in [-0.2, -0.15) is 0 Å². The van der Waals surface area contributed by atoms with E-state index in [4.69, 9.17) is 0 Å². The molecule has 17 heavy (non-hydrogen) atoms. The topological polar surface area (TPSA) is 42.0 Å². The third kappa shape index (κ3) is 3.39. The first-order valence-electron chi connectivity index (χ1n) is 5.48. The molecule has 0 radical (unpaired) electrons. The monoisotopic (exact) mass is 246 g/mol. The molecule has 0 fully saturated rings. The Balaban J connectivity index is 1.83. The predicted octanol–water partition coefficient (Wildman–Crippen LogP) is 2.42. The van der Waals surface area contributed by atoms with Gasteiger partial charge in [-0.3, -0.25) is 9.78 Å². The number of thiazole rings is 1. The fourth-order valence-corrected chi connectivity index (χ4v) is 2.07. The SMILES string of the molecule is Cc1ccc(C(=O)NCCc2cncs2)cc1. The number of hydrogen-bond donors (Lipinski definition) is 1. The number of carbonyl (C=O) groups excluding carboxylic acids is 1. The highest BCUT2D eigenvalue weighted by Gasteiger charge is 2.04. The van der Waals surface area contributed by atoms with Crippen molar-refractivity contribution in [3.63, 3.8) is 0 Å². The van der Waals surface area contributed by atoms with Crippen molar-refractivity contribution in [3.05, 3.63) is 52.0 Å². The molecule has 4 heteroatoms. The van der Waals surface area contributed by atoms with E-state index in [2.05, 4.69) is 10.3 Å². The highest BCUT2D eigenvalue weighted by atomic mass is 32.1. The van der Waals surface area contributed by atoms with Gasteiger partial charge in [-0.25, -0.2) is 0 Å². The Morgan fingerprint density at radius 3 is 2.76 bits per heavy atom. The molecule has 0 atom stereocenters. The summed E-state index contributed by atoms with van der Waals surface area (Å²) in [7, 11) is 0. The molecule has 2 aromatic rings. The highest BCUT2D eigenvalue weighted by Crippen LogP contribution is 2.06. The van der Waals surface area contributed by atoms with Crippen LogP contribution in [0.3, 0.4) is 0 Å². The van der Waals surface area contributed by atoms with E-state index in [0.29, 0.717) is 12.1 Å². The summed E-state index contributed by atoms with van der Waals surface area (Å²) in [6, 6.07) is 7.57. The molecule has 1 aromatic carbocycles. The minimum Gasteiger partial charge on any atom is -0.352 e. The van der Waals surface area contributed by atoms with Crippen LogP contribution in [-0.2, 0) is 6.42 Å². The second-order valence-electron chi connectivity index (χ2n) is 3.84. The van der Waals surface area contributed by atoms with Gasteiger partial charge in [-0.05, 0) is 19.1 Å². The van der Waals surface area contributed by atoms with Crippen LogP contribution in [0, 0.1) is 6.92 Å². The van der Waals surface area contributed by atoms with Crippen LogP contribution in [-0.4, -0.2) is 17.4 Å². The summed E-state index contributed by atoms with van der Waals surface area (Å²) in [5.41, 5.74) is 3.67. The van der Waals surface area contributed by atoms with E-state index in [1.54, 1.807) is 16.8 Å². The van der Waals surface area contributed by atoms with Gasteiger partial charge in [0.25, 0.3) is 5.91 Å². The number of nitrogens with zero attached hydrogens (tertiary/aromatic N) is 1. The second kappa shape index (κ2) is 5.59. The molecule has 0 unspecified atom stereocenters. The summed E-state index contributed by atoms with van der Waals surface area (Å²) in [5.74, 6) is -0.0190. The lowest BCUT2D eigenvalue weighted by Crippen LogP contribution is -2.25. The van der Waals surface area contributed by atoms with E-state index in [1.807, 2.05) is 37.4 Å². The summed E-state index contributed by atoms with van der Waals surface area (Å²) >= 11 is 1.61. The number of nitrogens with one attached hydrogen (secondary N) is 1. The number of carbonyl (C=O) groups is 1. The molecule has 0 saturated carbocycles. The lowest BCUT2D eigenvalue weighted by atomic mass is 10.1. The van der Waals surface area contributed by atoms with Crippen LogP contribution in [0.5, 0.6) is 0 Å². The molecule has 2 rings (SSSR count). The van der Waals surface area contributed by atoms with E-state index >= 15 is 0 Å². The number of benzene rings is 1. The first-order valence-corrected chi connectivity index (χ1v) is 6.36. The number of amides is 1. The van der Waals surface area contributed by atoms with Gasteiger partial charge in [-0.15, -0.1) is 11.3 Å². The van der Waals surface area contributed by atoms with Gasteiger partial charge in [0.1, 0.15) is 0 Å². The number of aryl methyl sites for hydroxylation is 1. The average molecular weight is 246 g/mol. The first kappa shape index (κ1) is 11.8. The Labute approximate surface area is 105 Å². The van der Waals surface area contributed by atoms with Crippen molar-refractivity contribution in [1.82, 2.24) is 10.3 Å². The van der Waals surface area contributed by atoms with E-state index in [9.17, 15) is 4.79 Å². The van der Waals surface area contributed by atoms with E-state index in [-0.39, 0.29) is 5.91 Å². The Hall–Kier alpha value is -1.68. The van der Waals surface area contributed by atoms with Crippen LogP contribution < -0.4 is 5.32 Å². The van der Waals surface area contributed by atoms with Gasteiger partial charge in [0.15, 0.2) is 0 Å². The van der Waals surface area contributed by atoms with Gasteiger partial charge in [0, 0.05) is 29.6 Å². The Morgan fingerprint density at radius 1 is 1.35 bits per heavy atom. The molecule has 1 aromatic heterocycles. The van der Waals surface area contributed by atoms with Crippen molar-refractivity contribution < 1.29 is 4.79 Å². The second-order valence-corrected chi connectivity index (χ2v) is 4.81. The van der Waals surface area contributed by atoms with Crippen LogP contribution in [0.4, 0.5) is 0 Å². The summed E-state index contributed by atoms with van der Waals surface area (Å²) in [6.07, 6.45) is 2.67. The zero-order chi connectivity index (χ0) is 12.1. The zero-order valence-electron chi connectivity index (χ0n) is 9.64. The van der Waals surface area contributed by atoms with Crippen LogP contribution in [0.1, 0.15) is 20.8 Å². The fourth-order valence-electron chi connectivity index (χ4n) is 1.47. The minimum absolute atomic E-state index is 0.0190. The van der Waals surface area contributed by atoms with Crippen LogP contribution in [0.25, 0.3) is 0 Å². The molecule has 1 N–H and O–H groups in total. The lowest BCUT2D eigenvalue weighted by Gasteiger charge is -2.04. The maximum Gasteiger partial charge on any atom is 0.251 e. The fraction of sp³-hybridized carbons (Fsp3) is 0.231. The van der Waals surface area contributed by atoms with Crippen molar-refractivity contribution in [2.24, 2.45) is 0 Å². The standard InChI is InChI=1S/C13H14N2OS/c1-10-2-4-11(5-3-10)13(16)15-7-6-12-8-14-9-17-12/h2-5,8-9H,6-7H2,1H3,(H,15,16). The number of rotatable bonds is 4. The third-order valence-electron chi connectivity index (χ3n) is 2.45. The van der Waals surface area contributed by atoms with Gasteiger partial charge in [0.2, 0.25) is 0 Å². The number of hydrogen-bond acceptors (Lipinski definition) is 3. The highest BCUT2D eigenvalue weighted by molar-refractivity contribution is 7.09. The maximum atomic E-state index is 11.8. The van der Waals surface area contributed by atoms with Crippen molar-refractivity contribution in [1.29, 1.82) is 0 Å². The summed E-state index contributed by atoms with van der Waals surface area (Å²) in [5, 5.41) is 2.90. The van der Waals surface area contributed by atoms with Gasteiger partial charge < -0.3 is 5.32 Å². The predicted molar refractivity (Wildman–Crippen MR) is 69.3 cm³/mol. The summed E-state index contributed by atoms with van der Waals surface area (Å²) < 4.78 is 0. The molecule has 0 spiro atoms. The third-order valence-corrected chi connectivity index (χ3v) is 3.29. The molecule has 0 aliphatic heterocycles. The van der Waals surface area contributed by atoms with Gasteiger partial charge in [0.05, 0.1) is 5.51 Å². The number of aromatic nitrogens is 1. The van der Waals surface area contributed by atoms with Crippen LogP contribution >= 0.6 is 11.3 Å². The molecular weight excluding hydrogens is 232 g/mol. The zero-order valence-corrected chi connectivity index (χ0v) is 10.5. The molecule has 0 bridgehead atoms. The summed E-state index contributed by atoms with van der Waals surface area (Å²) in [6.45, 7) is 2.65. The molecular formula is C13H14N2OS. The largest absolute Gasteiger partial charge is 0.352 e. The van der Waals surface area contributed by atoms with Crippen LogP contribution in [0.2, 0.25) is 0 Å². The van der Waals surface area contributed by atoms with Gasteiger partial charge >= 0.3 is 0 Å². The molecule has 3 nitrogen and oxygen atoms in total.